The molecule has 0 aliphatic carbocycles. The molecule has 0 fully saturated rings. The highest BCUT2D eigenvalue weighted by Crippen LogP contribution is 2.26. The Hall–Kier alpha value is -2.52. The van der Waals surface area contributed by atoms with Gasteiger partial charge in [0, 0.05) is 5.39 Å². The maximum Gasteiger partial charge on any atom is 0.234 e. The molecular formula is C25H30O3. The zero-order valence-corrected chi connectivity index (χ0v) is 17.2. The van der Waals surface area contributed by atoms with Crippen LogP contribution in [0.1, 0.15) is 45.6 Å². The Balaban J connectivity index is 1.70. The molecule has 3 rings (SSSR count). The van der Waals surface area contributed by atoms with Crippen LogP contribution in [-0.4, -0.2) is 19.0 Å². The molecule has 3 nitrogen and oxygen atoms in total. The minimum Gasteiger partial charge on any atom is -0.486 e. The molecule has 2 unspecified atom stereocenters. The Kier molecular flexibility index (Phi) is 6.94. The lowest BCUT2D eigenvalue weighted by Gasteiger charge is -2.22. The molecule has 0 amide bonds. The predicted octanol–water partition coefficient (Wildman–Crippen LogP) is 6.56. The molecule has 0 aliphatic rings. The summed E-state index contributed by atoms with van der Waals surface area (Å²) in [5, 5.41) is 2.24. The lowest BCUT2D eigenvalue weighted by molar-refractivity contribution is -0.125. The van der Waals surface area contributed by atoms with E-state index in [1.54, 1.807) is 0 Å². The third-order valence-electron chi connectivity index (χ3n) is 4.88. The van der Waals surface area contributed by atoms with Gasteiger partial charge in [-0.1, -0.05) is 62.4 Å². The highest BCUT2D eigenvalue weighted by molar-refractivity contribution is 5.88. The number of hydrogen-bond acceptors (Lipinski definition) is 3. The first-order valence-corrected chi connectivity index (χ1v) is 10.1. The van der Waals surface area contributed by atoms with E-state index in [9.17, 15) is 0 Å². The van der Waals surface area contributed by atoms with Gasteiger partial charge in [0.2, 0.25) is 6.29 Å². The molecule has 0 N–H and O–H groups in total. The normalized spacial score (nSPS) is 13.5. The first-order valence-electron chi connectivity index (χ1n) is 10.1. The summed E-state index contributed by atoms with van der Waals surface area (Å²) in [6, 6.07) is 22.5. The van der Waals surface area contributed by atoms with Crippen molar-refractivity contribution in [2.24, 2.45) is 0 Å². The van der Waals surface area contributed by atoms with Crippen LogP contribution in [0.5, 0.6) is 11.5 Å². The maximum absolute atomic E-state index is 6.08. The molecule has 0 heterocycles. The summed E-state index contributed by atoms with van der Waals surface area (Å²) in [4.78, 5) is 0. The van der Waals surface area contributed by atoms with Crippen molar-refractivity contribution in [3.05, 3.63) is 72.3 Å². The Morgan fingerprint density at radius 3 is 2.25 bits per heavy atom. The molecule has 0 spiro atoms. The molecule has 28 heavy (non-hydrogen) atoms. The zero-order chi connectivity index (χ0) is 19.9. The van der Waals surface area contributed by atoms with Crippen molar-refractivity contribution in [2.75, 3.05) is 6.61 Å². The van der Waals surface area contributed by atoms with Gasteiger partial charge in [0.05, 0.1) is 6.10 Å². The topological polar surface area (TPSA) is 27.7 Å². The predicted molar refractivity (Wildman–Crippen MR) is 115 cm³/mol. The van der Waals surface area contributed by atoms with Crippen molar-refractivity contribution in [3.63, 3.8) is 0 Å². The van der Waals surface area contributed by atoms with Gasteiger partial charge in [-0.15, -0.1) is 0 Å². The van der Waals surface area contributed by atoms with Crippen LogP contribution in [0.25, 0.3) is 10.8 Å². The van der Waals surface area contributed by atoms with Crippen molar-refractivity contribution in [1.82, 2.24) is 0 Å². The Morgan fingerprint density at radius 2 is 1.54 bits per heavy atom. The van der Waals surface area contributed by atoms with E-state index in [1.807, 2.05) is 50.2 Å². The molecule has 0 aromatic heterocycles. The number of fused-ring (bicyclic) bond motifs is 1. The quantitative estimate of drug-likeness (QED) is 0.395. The average molecular weight is 379 g/mol. The minimum atomic E-state index is -0.478. The fourth-order valence-corrected chi connectivity index (χ4v) is 3.15. The fourth-order valence-electron chi connectivity index (χ4n) is 3.15. The van der Waals surface area contributed by atoms with Crippen LogP contribution in [0.2, 0.25) is 0 Å². The molecule has 0 radical (unpaired) electrons. The molecule has 3 heteroatoms. The largest absolute Gasteiger partial charge is 0.486 e. The van der Waals surface area contributed by atoms with Gasteiger partial charge < -0.3 is 14.2 Å². The third-order valence-corrected chi connectivity index (χ3v) is 4.88. The molecule has 0 saturated heterocycles. The zero-order valence-electron chi connectivity index (χ0n) is 17.2. The molecule has 3 aromatic rings. The van der Waals surface area contributed by atoms with Crippen LogP contribution in [0.3, 0.4) is 0 Å². The molecule has 0 bridgehead atoms. The van der Waals surface area contributed by atoms with Crippen molar-refractivity contribution in [3.8, 4) is 11.5 Å². The fraction of sp³-hybridized carbons (Fsp3) is 0.360. The third kappa shape index (κ3) is 5.26. The van der Waals surface area contributed by atoms with Crippen LogP contribution >= 0.6 is 0 Å². The highest BCUT2D eigenvalue weighted by Gasteiger charge is 2.15. The minimum absolute atomic E-state index is 0.0421. The Morgan fingerprint density at radius 1 is 0.821 bits per heavy atom. The number of ether oxygens (including phenoxy) is 3. The lowest BCUT2D eigenvalue weighted by atomic mass is 9.99. The van der Waals surface area contributed by atoms with Crippen LogP contribution in [-0.2, 0) is 4.74 Å². The summed E-state index contributed by atoms with van der Waals surface area (Å²) in [5.74, 6) is 2.18. The molecule has 0 saturated carbocycles. The van der Waals surface area contributed by atoms with Gasteiger partial charge in [0.1, 0.15) is 11.5 Å². The van der Waals surface area contributed by atoms with E-state index in [2.05, 4.69) is 44.2 Å². The van der Waals surface area contributed by atoms with Gasteiger partial charge >= 0.3 is 0 Å². The average Bonchev–Trinajstić information content (AvgIpc) is 2.71. The summed E-state index contributed by atoms with van der Waals surface area (Å²) < 4.78 is 18.1. The first kappa shape index (κ1) is 20.2. The summed E-state index contributed by atoms with van der Waals surface area (Å²) in [6.45, 7) is 8.75. The number of rotatable bonds is 9. The molecule has 148 valence electrons. The van der Waals surface area contributed by atoms with Gasteiger partial charge in [0.25, 0.3) is 0 Å². The molecular weight excluding hydrogens is 348 g/mol. The van der Waals surface area contributed by atoms with E-state index in [-0.39, 0.29) is 6.10 Å². The van der Waals surface area contributed by atoms with E-state index in [0.717, 1.165) is 28.7 Å². The monoisotopic (exact) mass is 378 g/mol. The highest BCUT2D eigenvalue weighted by atomic mass is 16.7. The second kappa shape index (κ2) is 9.61. The van der Waals surface area contributed by atoms with E-state index >= 15 is 0 Å². The second-order valence-electron chi connectivity index (χ2n) is 7.40. The lowest BCUT2D eigenvalue weighted by Crippen LogP contribution is -2.30. The van der Waals surface area contributed by atoms with Crippen LogP contribution in [0.4, 0.5) is 0 Å². The SMILES string of the molecule is CCC(C)c1ccc(OC(COc2cccc3ccccc23)OC(C)C)cc1. The van der Waals surface area contributed by atoms with Gasteiger partial charge in [-0.05, 0) is 55.3 Å². The standard InChI is InChI=1S/C25H30O3/c1-5-19(4)20-13-15-22(16-14-20)28-25(27-18(2)3)17-26-24-12-8-10-21-9-6-7-11-23(21)24/h6-16,18-19,25H,5,17H2,1-4H3. The van der Waals surface area contributed by atoms with Crippen molar-refractivity contribution in [1.29, 1.82) is 0 Å². The molecule has 0 aliphatic heterocycles. The Labute approximate surface area is 168 Å². The number of hydrogen-bond donors (Lipinski definition) is 0. The first-order chi connectivity index (χ1) is 13.6. The van der Waals surface area contributed by atoms with Gasteiger partial charge in [-0.3, -0.25) is 0 Å². The van der Waals surface area contributed by atoms with E-state index in [0.29, 0.717) is 12.5 Å². The number of benzene rings is 3. The van der Waals surface area contributed by atoms with Gasteiger partial charge in [0.15, 0.2) is 6.61 Å². The van der Waals surface area contributed by atoms with E-state index in [4.69, 9.17) is 14.2 Å². The molecule has 3 aromatic carbocycles. The van der Waals surface area contributed by atoms with Crippen LogP contribution in [0.15, 0.2) is 66.7 Å². The van der Waals surface area contributed by atoms with Crippen LogP contribution < -0.4 is 9.47 Å². The van der Waals surface area contributed by atoms with E-state index < -0.39 is 6.29 Å². The maximum atomic E-state index is 6.08. The van der Waals surface area contributed by atoms with Crippen LogP contribution in [0, 0.1) is 0 Å². The van der Waals surface area contributed by atoms with Crippen molar-refractivity contribution < 1.29 is 14.2 Å². The summed E-state index contributed by atoms with van der Waals surface area (Å²) in [7, 11) is 0. The van der Waals surface area contributed by atoms with Gasteiger partial charge in [-0.2, -0.15) is 0 Å². The van der Waals surface area contributed by atoms with Crippen molar-refractivity contribution in [2.45, 2.75) is 52.4 Å². The molecule has 2 atom stereocenters. The van der Waals surface area contributed by atoms with Gasteiger partial charge in [-0.25, -0.2) is 0 Å². The smallest absolute Gasteiger partial charge is 0.234 e. The summed E-state index contributed by atoms with van der Waals surface area (Å²) in [6.07, 6.45) is 0.687. The van der Waals surface area contributed by atoms with Crippen molar-refractivity contribution >= 4 is 10.8 Å². The summed E-state index contributed by atoms with van der Waals surface area (Å²) in [5.41, 5.74) is 1.32. The summed E-state index contributed by atoms with van der Waals surface area (Å²) >= 11 is 0. The Bertz CT molecular complexity index is 865. The van der Waals surface area contributed by atoms with E-state index in [1.165, 1.54) is 5.56 Å². The second-order valence-corrected chi connectivity index (χ2v) is 7.40.